The first-order chi connectivity index (χ1) is 13.3. The maximum Gasteiger partial charge on any atom is 0.238 e. The van der Waals surface area contributed by atoms with Gasteiger partial charge in [0.05, 0.1) is 31.6 Å². The van der Waals surface area contributed by atoms with Crippen LogP contribution in [0.25, 0.3) is 0 Å². The quantitative estimate of drug-likeness (QED) is 0.674. The van der Waals surface area contributed by atoms with Crippen LogP contribution in [0, 0.1) is 17.5 Å². The number of anilines is 2. The number of nitrogens with zero attached hydrogens (tertiary/aromatic N) is 1. The first-order valence-electron chi connectivity index (χ1n) is 8.44. The molecule has 9 heteroatoms. The zero-order valence-corrected chi connectivity index (χ0v) is 15.4. The Labute approximate surface area is 160 Å². The van der Waals surface area contributed by atoms with Crippen LogP contribution in [0.4, 0.5) is 24.5 Å². The highest BCUT2D eigenvalue weighted by atomic mass is 19.2. The molecule has 0 saturated heterocycles. The fourth-order valence-electron chi connectivity index (χ4n) is 2.44. The molecule has 28 heavy (non-hydrogen) atoms. The second-order valence-electron chi connectivity index (χ2n) is 5.82. The molecule has 0 aromatic heterocycles. The lowest BCUT2D eigenvalue weighted by atomic mass is 10.2. The van der Waals surface area contributed by atoms with Crippen LogP contribution in [-0.2, 0) is 9.59 Å². The Morgan fingerprint density at radius 3 is 2.14 bits per heavy atom. The van der Waals surface area contributed by atoms with Gasteiger partial charge >= 0.3 is 0 Å². The van der Waals surface area contributed by atoms with Crippen molar-refractivity contribution in [3.05, 3.63) is 53.8 Å². The summed E-state index contributed by atoms with van der Waals surface area (Å²) in [5.74, 6) is -5.05. The van der Waals surface area contributed by atoms with Gasteiger partial charge in [0, 0.05) is 0 Å². The number of hydrogen-bond acceptors (Lipinski definition) is 4. The normalized spacial score (nSPS) is 10.6. The molecule has 2 rings (SSSR count). The molecule has 0 aliphatic carbocycles. The van der Waals surface area contributed by atoms with Gasteiger partial charge in [0.1, 0.15) is 5.75 Å². The molecular weight excluding hydrogens is 375 g/mol. The van der Waals surface area contributed by atoms with Crippen molar-refractivity contribution in [1.29, 1.82) is 0 Å². The highest BCUT2D eigenvalue weighted by Gasteiger charge is 2.18. The first-order valence-corrected chi connectivity index (χ1v) is 8.44. The van der Waals surface area contributed by atoms with Gasteiger partial charge in [0.25, 0.3) is 0 Å². The second-order valence-corrected chi connectivity index (χ2v) is 5.82. The van der Waals surface area contributed by atoms with Gasteiger partial charge in [0.2, 0.25) is 11.8 Å². The van der Waals surface area contributed by atoms with Crippen LogP contribution in [0.2, 0.25) is 0 Å². The van der Waals surface area contributed by atoms with Gasteiger partial charge in [-0.25, -0.2) is 13.2 Å². The third kappa shape index (κ3) is 5.46. The fourth-order valence-corrected chi connectivity index (χ4v) is 2.44. The molecule has 0 fully saturated rings. The highest BCUT2D eigenvalue weighted by molar-refractivity contribution is 5.95. The molecule has 0 unspecified atom stereocenters. The second kappa shape index (κ2) is 9.75. The van der Waals surface area contributed by atoms with E-state index in [9.17, 15) is 22.8 Å². The number of hydrogen-bond donors (Lipinski definition) is 2. The first kappa shape index (κ1) is 21.2. The Hall–Kier alpha value is -3.07. The van der Waals surface area contributed by atoms with Crippen molar-refractivity contribution in [2.75, 3.05) is 37.4 Å². The average molecular weight is 395 g/mol. The summed E-state index contributed by atoms with van der Waals surface area (Å²) in [6.07, 6.45) is 0. The number of nitrogens with one attached hydrogen (secondary N) is 2. The van der Waals surface area contributed by atoms with E-state index in [-0.39, 0.29) is 19.0 Å². The Bertz CT molecular complexity index is 862. The molecular formula is C19H20F3N3O3. The molecule has 0 heterocycles. The van der Waals surface area contributed by atoms with Crippen LogP contribution in [0.15, 0.2) is 36.4 Å². The number of likely N-dealkylation sites (N-methyl/N-ethyl adjacent to an activating group) is 1. The van der Waals surface area contributed by atoms with E-state index in [2.05, 4.69) is 10.6 Å². The minimum Gasteiger partial charge on any atom is -0.495 e. The summed E-state index contributed by atoms with van der Waals surface area (Å²) in [6, 6.07) is 8.50. The van der Waals surface area contributed by atoms with Gasteiger partial charge in [-0.3, -0.25) is 14.5 Å². The van der Waals surface area contributed by atoms with Crippen LogP contribution in [0.3, 0.4) is 0 Å². The molecule has 2 amide bonds. The smallest absolute Gasteiger partial charge is 0.238 e. The number of ether oxygens (including phenoxy) is 1. The molecule has 2 aromatic rings. The number of para-hydroxylation sites is 2. The molecule has 0 atom stereocenters. The van der Waals surface area contributed by atoms with Crippen LogP contribution < -0.4 is 15.4 Å². The van der Waals surface area contributed by atoms with E-state index >= 15 is 0 Å². The van der Waals surface area contributed by atoms with Crippen molar-refractivity contribution >= 4 is 23.2 Å². The maximum atomic E-state index is 13.6. The molecule has 0 aliphatic heterocycles. The predicted octanol–water partition coefficient (Wildman–Crippen LogP) is 3.01. The van der Waals surface area contributed by atoms with Gasteiger partial charge < -0.3 is 15.4 Å². The lowest BCUT2D eigenvalue weighted by Crippen LogP contribution is -2.38. The summed E-state index contributed by atoms with van der Waals surface area (Å²) < 4.78 is 45.0. The van der Waals surface area contributed by atoms with Gasteiger partial charge in [-0.2, -0.15) is 0 Å². The molecule has 0 radical (unpaired) electrons. The lowest BCUT2D eigenvalue weighted by molar-refractivity contribution is -0.119. The summed E-state index contributed by atoms with van der Waals surface area (Å²) in [7, 11) is 1.48. The van der Waals surface area contributed by atoms with Gasteiger partial charge in [-0.05, 0) is 30.8 Å². The van der Waals surface area contributed by atoms with Crippen molar-refractivity contribution in [2.24, 2.45) is 0 Å². The third-order valence-electron chi connectivity index (χ3n) is 3.87. The summed E-state index contributed by atoms with van der Waals surface area (Å²) in [6.45, 7) is 1.74. The van der Waals surface area contributed by atoms with Crippen molar-refractivity contribution < 1.29 is 27.5 Å². The van der Waals surface area contributed by atoms with E-state index < -0.39 is 29.0 Å². The third-order valence-corrected chi connectivity index (χ3v) is 3.87. The predicted molar refractivity (Wildman–Crippen MR) is 98.7 cm³/mol. The fraction of sp³-hybridized carbons (Fsp3) is 0.263. The molecule has 150 valence electrons. The number of rotatable bonds is 8. The number of methoxy groups -OCH3 is 1. The molecule has 0 aliphatic rings. The van der Waals surface area contributed by atoms with Crippen molar-refractivity contribution in [3.8, 4) is 5.75 Å². The number of amides is 2. The SMILES string of the molecule is CCN(CC(=O)Nc1ccccc1OC)CC(=O)Nc1ccc(F)c(F)c1F. The summed E-state index contributed by atoms with van der Waals surface area (Å²) in [4.78, 5) is 25.8. The van der Waals surface area contributed by atoms with E-state index in [1.807, 2.05) is 0 Å². The maximum absolute atomic E-state index is 13.6. The Balaban J connectivity index is 1.95. The molecule has 6 nitrogen and oxygen atoms in total. The van der Waals surface area contributed by atoms with Crippen molar-refractivity contribution in [2.45, 2.75) is 6.92 Å². The largest absolute Gasteiger partial charge is 0.495 e. The summed E-state index contributed by atoms with van der Waals surface area (Å²) in [5.41, 5.74) is 0.0118. The number of benzene rings is 2. The minimum absolute atomic E-state index is 0.109. The Kier molecular flexibility index (Phi) is 7.39. The number of carbonyl (C=O) groups excluding carboxylic acids is 2. The molecule has 0 spiro atoms. The van der Waals surface area contributed by atoms with E-state index in [1.54, 1.807) is 31.2 Å². The zero-order chi connectivity index (χ0) is 20.7. The van der Waals surface area contributed by atoms with E-state index in [0.29, 0.717) is 24.0 Å². The van der Waals surface area contributed by atoms with Gasteiger partial charge in [-0.1, -0.05) is 19.1 Å². The van der Waals surface area contributed by atoms with Crippen LogP contribution in [0.5, 0.6) is 5.75 Å². The van der Waals surface area contributed by atoms with Crippen molar-refractivity contribution in [1.82, 2.24) is 4.90 Å². The molecule has 0 bridgehead atoms. The monoisotopic (exact) mass is 395 g/mol. The van der Waals surface area contributed by atoms with Gasteiger partial charge in [-0.15, -0.1) is 0 Å². The Morgan fingerprint density at radius 1 is 0.929 bits per heavy atom. The molecule has 2 N–H and O–H groups in total. The highest BCUT2D eigenvalue weighted by Crippen LogP contribution is 2.23. The zero-order valence-electron chi connectivity index (χ0n) is 15.4. The van der Waals surface area contributed by atoms with Crippen LogP contribution in [0.1, 0.15) is 6.92 Å². The number of halogens is 3. The van der Waals surface area contributed by atoms with E-state index in [0.717, 1.165) is 6.07 Å². The minimum atomic E-state index is -1.67. The standard InChI is InChI=1S/C19H20F3N3O3/c1-3-25(10-16(26)23-13-6-4-5-7-15(13)28-2)11-17(27)24-14-9-8-12(20)18(21)19(14)22/h4-9H,3,10-11H2,1-2H3,(H,23,26)(H,24,27). The Morgan fingerprint density at radius 2 is 1.54 bits per heavy atom. The average Bonchev–Trinajstić information content (AvgIpc) is 2.68. The summed E-state index contributed by atoms with van der Waals surface area (Å²) >= 11 is 0. The van der Waals surface area contributed by atoms with Crippen LogP contribution >= 0.6 is 0 Å². The van der Waals surface area contributed by atoms with Gasteiger partial charge in [0.15, 0.2) is 17.5 Å². The van der Waals surface area contributed by atoms with E-state index in [1.165, 1.54) is 12.0 Å². The summed E-state index contributed by atoms with van der Waals surface area (Å²) in [5, 5.41) is 4.85. The number of carbonyl (C=O) groups is 2. The lowest BCUT2D eigenvalue weighted by Gasteiger charge is -2.20. The molecule has 2 aromatic carbocycles. The van der Waals surface area contributed by atoms with Crippen LogP contribution in [-0.4, -0.2) is 43.5 Å². The van der Waals surface area contributed by atoms with E-state index in [4.69, 9.17) is 4.74 Å². The molecule has 0 saturated carbocycles. The topological polar surface area (TPSA) is 70.7 Å². The van der Waals surface area contributed by atoms with Crippen molar-refractivity contribution in [3.63, 3.8) is 0 Å².